The largest absolute Gasteiger partial charge is 0.367 e. The highest BCUT2D eigenvalue weighted by molar-refractivity contribution is 6.00. The molecule has 2 saturated heterocycles. The lowest BCUT2D eigenvalue weighted by Crippen LogP contribution is -2.40. The Balaban J connectivity index is 1.74. The van der Waals surface area contributed by atoms with Crippen LogP contribution in [0.15, 0.2) is 12.1 Å². The first kappa shape index (κ1) is 19.7. The molecular formula is C19H24F2N2O4. The summed E-state index contributed by atoms with van der Waals surface area (Å²) in [6, 6.07) is 2.41. The number of hydrogen-bond acceptors (Lipinski definition) is 5. The van der Waals surface area contributed by atoms with E-state index in [4.69, 9.17) is 9.47 Å². The second kappa shape index (κ2) is 8.31. The molecule has 3 rings (SSSR count). The van der Waals surface area contributed by atoms with Gasteiger partial charge in [-0.1, -0.05) is 0 Å². The van der Waals surface area contributed by atoms with Crippen LogP contribution >= 0.6 is 0 Å². The van der Waals surface area contributed by atoms with Crippen LogP contribution in [-0.4, -0.2) is 45.4 Å². The number of amides is 2. The Morgan fingerprint density at radius 2 is 1.67 bits per heavy atom. The van der Waals surface area contributed by atoms with Gasteiger partial charge in [-0.2, -0.15) is 0 Å². The zero-order chi connectivity index (χ0) is 19.6. The van der Waals surface area contributed by atoms with Crippen molar-refractivity contribution in [3.8, 4) is 0 Å². The molecule has 0 aliphatic carbocycles. The average Bonchev–Trinajstić information content (AvgIpc) is 2.63. The summed E-state index contributed by atoms with van der Waals surface area (Å²) < 4.78 is 40.0. The molecule has 0 radical (unpaired) electrons. The highest BCUT2D eigenvalue weighted by Crippen LogP contribution is 2.34. The Morgan fingerprint density at radius 1 is 1.07 bits per heavy atom. The molecule has 2 fully saturated rings. The van der Waals surface area contributed by atoms with E-state index in [0.29, 0.717) is 25.9 Å². The van der Waals surface area contributed by atoms with Crippen molar-refractivity contribution in [1.29, 1.82) is 0 Å². The van der Waals surface area contributed by atoms with Crippen LogP contribution < -0.4 is 10.2 Å². The molecule has 1 aromatic rings. The van der Waals surface area contributed by atoms with Gasteiger partial charge in [0.15, 0.2) is 6.29 Å². The summed E-state index contributed by atoms with van der Waals surface area (Å²) in [4.78, 5) is 24.9. The normalized spacial score (nSPS) is 21.7. The molecule has 0 spiro atoms. The highest BCUT2D eigenvalue weighted by Gasteiger charge is 2.32. The second-order valence-electron chi connectivity index (χ2n) is 7.00. The maximum Gasteiger partial charge on any atom is 0.234 e. The van der Waals surface area contributed by atoms with Crippen molar-refractivity contribution in [2.24, 2.45) is 5.92 Å². The van der Waals surface area contributed by atoms with Gasteiger partial charge in [-0.25, -0.2) is 8.78 Å². The molecule has 0 saturated carbocycles. The van der Waals surface area contributed by atoms with Crippen molar-refractivity contribution in [2.45, 2.75) is 37.9 Å². The molecule has 1 unspecified atom stereocenters. The number of anilines is 1. The topological polar surface area (TPSA) is 67.9 Å². The fourth-order valence-corrected chi connectivity index (χ4v) is 3.98. The predicted octanol–water partition coefficient (Wildman–Crippen LogP) is 2.32. The number of ether oxygens (including phenoxy) is 2. The summed E-state index contributed by atoms with van der Waals surface area (Å²) in [5.74, 6) is -2.79. The molecule has 1 atom stereocenters. The lowest BCUT2D eigenvalue weighted by molar-refractivity contribution is -0.141. The van der Waals surface area contributed by atoms with Crippen LogP contribution in [0.4, 0.5) is 14.5 Å². The summed E-state index contributed by atoms with van der Waals surface area (Å²) in [5, 5.41) is 2.21. The highest BCUT2D eigenvalue weighted by atomic mass is 19.1. The monoisotopic (exact) mass is 382 g/mol. The summed E-state index contributed by atoms with van der Waals surface area (Å²) in [6.45, 7) is 0.971. The van der Waals surface area contributed by atoms with E-state index in [2.05, 4.69) is 5.32 Å². The SMILES string of the molecule is COC(OC)C1CCN(c2c(F)cc(C3CCC(=O)NC3=O)cc2F)CC1. The Bertz CT molecular complexity index is 693. The third-order valence-electron chi connectivity index (χ3n) is 5.39. The van der Waals surface area contributed by atoms with E-state index >= 15 is 0 Å². The predicted molar refractivity (Wildman–Crippen MR) is 94.2 cm³/mol. The smallest absolute Gasteiger partial charge is 0.234 e. The number of nitrogens with one attached hydrogen (secondary N) is 1. The zero-order valence-corrected chi connectivity index (χ0v) is 15.5. The molecule has 2 aliphatic rings. The molecule has 0 aromatic heterocycles. The van der Waals surface area contributed by atoms with Crippen molar-refractivity contribution in [2.75, 3.05) is 32.2 Å². The van der Waals surface area contributed by atoms with Crippen LogP contribution in [0.1, 0.15) is 37.2 Å². The maximum atomic E-state index is 14.7. The van der Waals surface area contributed by atoms with Gasteiger partial charge in [-0.3, -0.25) is 14.9 Å². The molecule has 1 aromatic carbocycles. The Morgan fingerprint density at radius 3 is 2.19 bits per heavy atom. The van der Waals surface area contributed by atoms with Crippen LogP contribution in [-0.2, 0) is 19.1 Å². The first-order chi connectivity index (χ1) is 12.9. The van der Waals surface area contributed by atoms with E-state index in [-0.39, 0.29) is 42.2 Å². The van der Waals surface area contributed by atoms with Crippen LogP contribution in [0.3, 0.4) is 0 Å². The minimum Gasteiger partial charge on any atom is -0.367 e. The standard InChI is InChI=1S/C19H24F2N2O4/c1-26-19(27-2)11-5-7-23(8-6-11)17-14(20)9-12(10-15(17)21)13-3-4-16(24)22-18(13)25/h9-11,13,19H,3-8H2,1-2H3,(H,22,24,25). The van der Waals surface area contributed by atoms with Gasteiger partial charge >= 0.3 is 0 Å². The van der Waals surface area contributed by atoms with E-state index in [0.717, 1.165) is 0 Å². The molecule has 2 aliphatic heterocycles. The van der Waals surface area contributed by atoms with Crippen LogP contribution in [0.5, 0.6) is 0 Å². The number of carbonyl (C=O) groups excluding carboxylic acids is 2. The number of rotatable bonds is 5. The molecule has 0 bridgehead atoms. The molecule has 2 heterocycles. The third-order valence-corrected chi connectivity index (χ3v) is 5.39. The van der Waals surface area contributed by atoms with Crippen molar-refractivity contribution in [3.05, 3.63) is 29.3 Å². The van der Waals surface area contributed by atoms with Crippen molar-refractivity contribution in [3.63, 3.8) is 0 Å². The van der Waals surface area contributed by atoms with Crippen LogP contribution in [0.25, 0.3) is 0 Å². The summed E-state index contributed by atoms with van der Waals surface area (Å²) in [7, 11) is 3.15. The molecule has 8 heteroatoms. The quantitative estimate of drug-likeness (QED) is 0.625. The number of nitrogens with zero attached hydrogens (tertiary/aromatic N) is 1. The fourth-order valence-electron chi connectivity index (χ4n) is 3.98. The zero-order valence-electron chi connectivity index (χ0n) is 15.5. The Kier molecular flexibility index (Phi) is 6.06. The minimum absolute atomic E-state index is 0.0733. The van der Waals surface area contributed by atoms with Gasteiger partial charge in [0.25, 0.3) is 0 Å². The lowest BCUT2D eigenvalue weighted by Gasteiger charge is -2.36. The number of benzene rings is 1. The Hall–Kier alpha value is -2.06. The van der Waals surface area contributed by atoms with Crippen molar-refractivity contribution in [1.82, 2.24) is 5.32 Å². The average molecular weight is 382 g/mol. The fraction of sp³-hybridized carbons (Fsp3) is 0.579. The van der Waals surface area contributed by atoms with Crippen molar-refractivity contribution < 1.29 is 27.8 Å². The van der Waals surface area contributed by atoms with Gasteiger partial charge in [-0.05, 0) is 37.0 Å². The lowest BCUT2D eigenvalue weighted by atomic mass is 9.89. The number of carbonyl (C=O) groups is 2. The third kappa shape index (κ3) is 4.11. The summed E-state index contributed by atoms with van der Waals surface area (Å²) >= 11 is 0. The number of halogens is 2. The van der Waals surface area contributed by atoms with Crippen molar-refractivity contribution >= 4 is 17.5 Å². The van der Waals surface area contributed by atoms with E-state index in [1.807, 2.05) is 0 Å². The van der Waals surface area contributed by atoms with Gasteiger partial charge in [0.1, 0.15) is 17.3 Å². The number of hydrogen-bond donors (Lipinski definition) is 1. The van der Waals surface area contributed by atoms with Gasteiger partial charge in [0.05, 0.1) is 5.92 Å². The first-order valence-electron chi connectivity index (χ1n) is 9.07. The molecular weight excluding hydrogens is 358 g/mol. The maximum absolute atomic E-state index is 14.7. The molecule has 6 nitrogen and oxygen atoms in total. The van der Waals surface area contributed by atoms with E-state index in [1.54, 1.807) is 19.1 Å². The van der Waals surface area contributed by atoms with Crippen LogP contribution in [0, 0.1) is 17.6 Å². The van der Waals surface area contributed by atoms with E-state index < -0.39 is 23.5 Å². The number of imide groups is 1. The van der Waals surface area contributed by atoms with E-state index in [9.17, 15) is 18.4 Å². The second-order valence-corrected chi connectivity index (χ2v) is 7.00. The minimum atomic E-state index is -0.712. The van der Waals surface area contributed by atoms with Gasteiger partial charge in [-0.15, -0.1) is 0 Å². The number of methoxy groups -OCH3 is 2. The Labute approximate surface area is 156 Å². The first-order valence-corrected chi connectivity index (χ1v) is 9.07. The van der Waals surface area contributed by atoms with Crippen LogP contribution in [0.2, 0.25) is 0 Å². The number of piperidine rings is 2. The van der Waals surface area contributed by atoms with Gasteiger partial charge in [0, 0.05) is 39.6 Å². The van der Waals surface area contributed by atoms with E-state index in [1.165, 1.54) is 12.1 Å². The van der Waals surface area contributed by atoms with Gasteiger partial charge in [0.2, 0.25) is 11.8 Å². The summed E-state index contributed by atoms with van der Waals surface area (Å²) in [6.07, 6.45) is 1.48. The summed E-state index contributed by atoms with van der Waals surface area (Å²) in [5.41, 5.74) is 0.184. The molecule has 27 heavy (non-hydrogen) atoms. The van der Waals surface area contributed by atoms with Gasteiger partial charge < -0.3 is 14.4 Å². The molecule has 2 amide bonds. The molecule has 148 valence electrons. The molecule has 1 N–H and O–H groups in total.